The summed E-state index contributed by atoms with van der Waals surface area (Å²) >= 11 is 0. The average Bonchev–Trinajstić information content (AvgIpc) is 3.04. The van der Waals surface area contributed by atoms with Gasteiger partial charge in [0.2, 0.25) is 5.91 Å². The third-order valence-electron chi connectivity index (χ3n) is 5.67. The van der Waals surface area contributed by atoms with Crippen LogP contribution in [0.25, 0.3) is 11.0 Å². The molecule has 0 radical (unpaired) electrons. The number of benzene rings is 2. The normalized spacial score (nSPS) is 11.9. The van der Waals surface area contributed by atoms with Crippen LogP contribution < -0.4 is 5.32 Å². The highest BCUT2D eigenvalue weighted by Crippen LogP contribution is 2.23. The lowest BCUT2D eigenvalue weighted by Gasteiger charge is -2.19. The van der Waals surface area contributed by atoms with Gasteiger partial charge in [0.05, 0.1) is 17.6 Å². The molecule has 1 N–H and O–H groups in total. The Labute approximate surface area is 174 Å². The van der Waals surface area contributed by atoms with E-state index in [1.165, 1.54) is 11.1 Å². The van der Waals surface area contributed by atoms with Crippen LogP contribution in [0.15, 0.2) is 48.5 Å². The standard InChI is InChI=1S/C25H33N3O/c1-6-19(7-2)24(29)26-16-23-27-21-10-8-9-11-22(21)28(23)17-18-12-14-20(15-13-18)25(3,4)5/h8-15,19H,6-7,16-17H2,1-5H3,(H,26,29). The molecule has 0 aliphatic rings. The maximum absolute atomic E-state index is 12.4. The number of fused-ring (bicyclic) bond motifs is 1. The van der Waals surface area contributed by atoms with Crippen LogP contribution in [0, 0.1) is 5.92 Å². The van der Waals surface area contributed by atoms with Crippen LogP contribution >= 0.6 is 0 Å². The summed E-state index contributed by atoms with van der Waals surface area (Å²) in [6, 6.07) is 17.0. The highest BCUT2D eigenvalue weighted by Gasteiger charge is 2.17. The second kappa shape index (κ2) is 8.81. The zero-order valence-corrected chi connectivity index (χ0v) is 18.3. The molecule has 29 heavy (non-hydrogen) atoms. The van der Waals surface area contributed by atoms with Crippen LogP contribution in [0.4, 0.5) is 0 Å². The van der Waals surface area contributed by atoms with Crippen molar-refractivity contribution in [3.63, 3.8) is 0 Å². The smallest absolute Gasteiger partial charge is 0.223 e. The summed E-state index contributed by atoms with van der Waals surface area (Å²) in [5.41, 5.74) is 4.76. The van der Waals surface area contributed by atoms with Crippen LogP contribution in [0.3, 0.4) is 0 Å². The van der Waals surface area contributed by atoms with Crippen LogP contribution in [-0.2, 0) is 23.3 Å². The fourth-order valence-corrected chi connectivity index (χ4v) is 3.70. The molecule has 0 saturated carbocycles. The quantitative estimate of drug-likeness (QED) is 0.583. The molecule has 3 aromatic rings. The van der Waals surface area contributed by atoms with Gasteiger partial charge in [-0.05, 0) is 41.5 Å². The second-order valence-electron chi connectivity index (χ2n) is 8.78. The van der Waals surface area contributed by atoms with Crippen molar-refractivity contribution in [3.8, 4) is 0 Å². The number of rotatable bonds is 7. The van der Waals surface area contributed by atoms with Crippen molar-refractivity contribution < 1.29 is 4.79 Å². The first-order chi connectivity index (χ1) is 13.8. The maximum Gasteiger partial charge on any atom is 0.223 e. The molecule has 0 unspecified atom stereocenters. The van der Waals surface area contributed by atoms with Gasteiger partial charge in [-0.2, -0.15) is 0 Å². The Morgan fingerprint density at radius 2 is 1.69 bits per heavy atom. The van der Waals surface area contributed by atoms with E-state index in [1.54, 1.807) is 0 Å². The lowest BCUT2D eigenvalue weighted by Crippen LogP contribution is -2.30. The van der Waals surface area contributed by atoms with E-state index in [0.29, 0.717) is 6.54 Å². The molecule has 0 aliphatic heterocycles. The number of carbonyl (C=O) groups is 1. The molecule has 1 aromatic heterocycles. The van der Waals surface area contributed by atoms with Gasteiger partial charge in [-0.25, -0.2) is 4.98 Å². The molecule has 1 amide bonds. The molecular weight excluding hydrogens is 358 g/mol. The fraction of sp³-hybridized carbons (Fsp3) is 0.440. The third-order valence-corrected chi connectivity index (χ3v) is 5.67. The average molecular weight is 392 g/mol. The highest BCUT2D eigenvalue weighted by molar-refractivity contribution is 5.79. The van der Waals surface area contributed by atoms with Gasteiger partial charge in [0, 0.05) is 12.5 Å². The number of nitrogens with zero attached hydrogens (tertiary/aromatic N) is 2. The van der Waals surface area contributed by atoms with Gasteiger partial charge >= 0.3 is 0 Å². The van der Waals surface area contributed by atoms with Gasteiger partial charge in [0.1, 0.15) is 5.82 Å². The van der Waals surface area contributed by atoms with Crippen molar-refractivity contribution in [1.29, 1.82) is 0 Å². The minimum Gasteiger partial charge on any atom is -0.349 e. The van der Waals surface area contributed by atoms with Crippen molar-refractivity contribution in [2.45, 2.75) is 66.0 Å². The van der Waals surface area contributed by atoms with E-state index in [-0.39, 0.29) is 17.2 Å². The number of carbonyl (C=O) groups excluding carboxylic acids is 1. The van der Waals surface area contributed by atoms with Gasteiger partial charge in [-0.15, -0.1) is 0 Å². The summed E-state index contributed by atoms with van der Waals surface area (Å²) in [6.45, 7) is 12.0. The van der Waals surface area contributed by atoms with Crippen LogP contribution in [0.5, 0.6) is 0 Å². The molecule has 0 saturated heterocycles. The molecule has 0 atom stereocenters. The maximum atomic E-state index is 12.4. The Balaban J connectivity index is 1.86. The molecule has 0 aliphatic carbocycles. The predicted octanol–water partition coefficient (Wildman–Crippen LogP) is 5.43. The minimum atomic E-state index is 0.0674. The Bertz CT molecular complexity index is 960. The Morgan fingerprint density at radius 1 is 1.03 bits per heavy atom. The molecule has 3 rings (SSSR count). The van der Waals surface area contributed by atoms with Gasteiger partial charge in [0.25, 0.3) is 0 Å². The first kappa shape index (κ1) is 21.1. The predicted molar refractivity (Wildman–Crippen MR) is 120 cm³/mol. The molecule has 2 aromatic carbocycles. The second-order valence-corrected chi connectivity index (χ2v) is 8.78. The van der Waals surface area contributed by atoms with E-state index in [4.69, 9.17) is 4.98 Å². The first-order valence-corrected chi connectivity index (χ1v) is 10.6. The molecule has 154 valence electrons. The molecular formula is C25H33N3O. The SMILES string of the molecule is CCC(CC)C(=O)NCc1nc2ccccc2n1Cc1ccc(C(C)(C)C)cc1. The van der Waals surface area contributed by atoms with E-state index in [2.05, 4.69) is 74.8 Å². The number of hydrogen-bond acceptors (Lipinski definition) is 2. The van der Waals surface area contributed by atoms with E-state index in [0.717, 1.165) is 36.2 Å². The number of imidazole rings is 1. The molecule has 0 fully saturated rings. The number of para-hydroxylation sites is 2. The lowest BCUT2D eigenvalue weighted by atomic mass is 9.87. The van der Waals surface area contributed by atoms with Crippen molar-refractivity contribution in [3.05, 3.63) is 65.5 Å². The van der Waals surface area contributed by atoms with Crippen LogP contribution in [0.1, 0.15) is 64.4 Å². The topological polar surface area (TPSA) is 46.9 Å². The Kier molecular flexibility index (Phi) is 6.41. The molecule has 1 heterocycles. The minimum absolute atomic E-state index is 0.0674. The van der Waals surface area contributed by atoms with E-state index >= 15 is 0 Å². The summed E-state index contributed by atoms with van der Waals surface area (Å²) in [7, 11) is 0. The summed E-state index contributed by atoms with van der Waals surface area (Å²) in [5.74, 6) is 1.08. The summed E-state index contributed by atoms with van der Waals surface area (Å²) in [6.07, 6.45) is 1.72. The zero-order chi connectivity index (χ0) is 21.0. The van der Waals surface area contributed by atoms with Crippen LogP contribution in [0.2, 0.25) is 0 Å². The van der Waals surface area contributed by atoms with Crippen molar-refractivity contribution in [1.82, 2.24) is 14.9 Å². The number of aromatic nitrogens is 2. The lowest BCUT2D eigenvalue weighted by molar-refractivity contribution is -0.125. The zero-order valence-electron chi connectivity index (χ0n) is 18.3. The molecule has 4 nitrogen and oxygen atoms in total. The first-order valence-electron chi connectivity index (χ1n) is 10.6. The molecule has 4 heteroatoms. The number of nitrogens with one attached hydrogen (secondary N) is 1. The van der Waals surface area contributed by atoms with E-state index < -0.39 is 0 Å². The Hall–Kier alpha value is -2.62. The fourth-order valence-electron chi connectivity index (χ4n) is 3.70. The van der Waals surface area contributed by atoms with E-state index in [1.807, 2.05) is 18.2 Å². The van der Waals surface area contributed by atoms with Gasteiger partial charge in [-0.3, -0.25) is 4.79 Å². The molecule has 0 spiro atoms. The number of amides is 1. The highest BCUT2D eigenvalue weighted by atomic mass is 16.1. The summed E-state index contributed by atoms with van der Waals surface area (Å²) in [4.78, 5) is 17.2. The molecule has 0 bridgehead atoms. The largest absolute Gasteiger partial charge is 0.349 e. The van der Waals surface area contributed by atoms with Crippen molar-refractivity contribution in [2.24, 2.45) is 5.92 Å². The van der Waals surface area contributed by atoms with Gasteiger partial charge in [0.15, 0.2) is 0 Å². The summed E-state index contributed by atoms with van der Waals surface area (Å²) < 4.78 is 2.22. The van der Waals surface area contributed by atoms with Crippen molar-refractivity contribution in [2.75, 3.05) is 0 Å². The van der Waals surface area contributed by atoms with Crippen molar-refractivity contribution >= 4 is 16.9 Å². The van der Waals surface area contributed by atoms with Crippen LogP contribution in [-0.4, -0.2) is 15.5 Å². The Morgan fingerprint density at radius 3 is 2.31 bits per heavy atom. The van der Waals surface area contributed by atoms with Gasteiger partial charge in [-0.1, -0.05) is 71.0 Å². The third kappa shape index (κ3) is 4.87. The van der Waals surface area contributed by atoms with E-state index in [9.17, 15) is 4.79 Å². The van der Waals surface area contributed by atoms with Gasteiger partial charge < -0.3 is 9.88 Å². The number of hydrogen-bond donors (Lipinski definition) is 1. The monoisotopic (exact) mass is 391 g/mol. The summed E-state index contributed by atoms with van der Waals surface area (Å²) in [5, 5.41) is 3.09.